The summed E-state index contributed by atoms with van der Waals surface area (Å²) in [5.74, 6) is -9.29. The molecule has 5 aromatic rings. The lowest BCUT2D eigenvalue weighted by Gasteiger charge is -2.31. The second-order valence-electron chi connectivity index (χ2n) is 17.6. The van der Waals surface area contributed by atoms with E-state index in [1.54, 1.807) is 88.5 Å². The average molecular weight is 958 g/mol. The standard InChI is InChI=1S/C53H63N7O10/c1-6-31(3)45(50(66)58-42(53(69)70)28-37-30-54-39-26-18-17-25-38(37)39)60-51(67)46(32(4)7-2)59-49(65)41(29-43(62)63)56-48(64)40(27-34-19-11-8-12-20-34)57-52(68)47(55-33(5)61)44(35-21-13-9-14-22-35)36-23-15-10-16-24-36/h8-26,30-32,40-42,44-47,54H,6-7,27-29H2,1-5H3,(H,55,61)(H,56,64)(H,57,68)(H,58,66)(H,59,65)(H,60,67)(H,62,63)(H,69,70)/t31-,32-,40+,41-,42-,45-,46-,47+/m0/s1. The second-order valence-corrected chi connectivity index (χ2v) is 17.6. The van der Waals surface area contributed by atoms with E-state index in [0.29, 0.717) is 35.1 Å². The van der Waals surface area contributed by atoms with Crippen molar-refractivity contribution < 1.29 is 48.6 Å². The lowest BCUT2D eigenvalue weighted by atomic mass is 9.84. The Morgan fingerprint density at radius 3 is 1.50 bits per heavy atom. The zero-order valence-corrected chi connectivity index (χ0v) is 39.9. The summed E-state index contributed by atoms with van der Waals surface area (Å²) >= 11 is 0. The highest BCUT2D eigenvalue weighted by Gasteiger charge is 2.38. The molecule has 0 unspecified atom stereocenters. The number of para-hydroxylation sites is 1. The minimum atomic E-state index is -1.76. The summed E-state index contributed by atoms with van der Waals surface area (Å²) in [6, 6.07) is 25.8. The fraction of sp³-hybridized carbons (Fsp3) is 0.358. The largest absolute Gasteiger partial charge is 0.481 e. The van der Waals surface area contributed by atoms with Crippen molar-refractivity contribution in [2.24, 2.45) is 11.8 Å². The van der Waals surface area contributed by atoms with Gasteiger partial charge in [0.05, 0.1) is 6.42 Å². The van der Waals surface area contributed by atoms with Gasteiger partial charge in [-0.05, 0) is 40.2 Å². The number of hydrogen-bond donors (Lipinski definition) is 9. The lowest BCUT2D eigenvalue weighted by molar-refractivity contribution is -0.142. The Morgan fingerprint density at radius 1 is 0.514 bits per heavy atom. The highest BCUT2D eigenvalue weighted by Crippen LogP contribution is 2.29. The molecule has 1 aromatic heterocycles. The van der Waals surface area contributed by atoms with Gasteiger partial charge in [-0.2, -0.15) is 0 Å². The van der Waals surface area contributed by atoms with Crippen LogP contribution in [0.15, 0.2) is 121 Å². The van der Waals surface area contributed by atoms with Crippen molar-refractivity contribution in [3.05, 3.63) is 144 Å². The molecule has 8 atom stereocenters. The van der Waals surface area contributed by atoms with Gasteiger partial charge in [0, 0.05) is 42.8 Å². The summed E-state index contributed by atoms with van der Waals surface area (Å²) in [6.45, 7) is 8.21. The average Bonchev–Trinajstić information content (AvgIpc) is 3.76. The first-order chi connectivity index (χ1) is 33.5. The Labute approximate surface area is 407 Å². The van der Waals surface area contributed by atoms with Crippen LogP contribution in [0.1, 0.15) is 82.1 Å². The van der Waals surface area contributed by atoms with Crippen molar-refractivity contribution >= 4 is 58.3 Å². The molecule has 0 bridgehead atoms. The van der Waals surface area contributed by atoms with E-state index in [2.05, 4.69) is 36.9 Å². The van der Waals surface area contributed by atoms with Crippen LogP contribution in [0.4, 0.5) is 0 Å². The fourth-order valence-corrected chi connectivity index (χ4v) is 8.28. The number of nitrogens with one attached hydrogen (secondary N) is 7. The van der Waals surface area contributed by atoms with Gasteiger partial charge in [0.25, 0.3) is 0 Å². The highest BCUT2D eigenvalue weighted by molar-refractivity contribution is 5.98. The van der Waals surface area contributed by atoms with E-state index in [4.69, 9.17) is 0 Å². The maximum atomic E-state index is 14.5. The summed E-state index contributed by atoms with van der Waals surface area (Å²) in [5.41, 5.74) is 3.47. The molecule has 0 spiro atoms. The zero-order chi connectivity index (χ0) is 50.9. The molecular formula is C53H63N7O10. The van der Waals surface area contributed by atoms with Gasteiger partial charge in [0.15, 0.2) is 0 Å². The van der Waals surface area contributed by atoms with Gasteiger partial charge in [-0.15, -0.1) is 0 Å². The third-order valence-corrected chi connectivity index (χ3v) is 12.5. The van der Waals surface area contributed by atoms with E-state index < -0.39 is 108 Å². The minimum Gasteiger partial charge on any atom is -0.481 e. The van der Waals surface area contributed by atoms with Gasteiger partial charge in [-0.3, -0.25) is 33.6 Å². The number of benzene rings is 4. The predicted octanol–water partition coefficient (Wildman–Crippen LogP) is 4.37. The first-order valence-corrected chi connectivity index (χ1v) is 23.4. The summed E-state index contributed by atoms with van der Waals surface area (Å²) < 4.78 is 0. The number of aromatic amines is 1. The maximum Gasteiger partial charge on any atom is 0.326 e. The third-order valence-electron chi connectivity index (χ3n) is 12.5. The van der Waals surface area contributed by atoms with Crippen molar-refractivity contribution in [1.82, 2.24) is 36.9 Å². The molecule has 1 heterocycles. The summed E-state index contributed by atoms with van der Waals surface area (Å²) in [5, 5.41) is 36.9. The molecule has 0 aliphatic rings. The molecule has 6 amide bonds. The molecule has 0 radical (unpaired) electrons. The third kappa shape index (κ3) is 14.6. The van der Waals surface area contributed by atoms with Crippen LogP contribution in [0.25, 0.3) is 10.9 Å². The molecular weight excluding hydrogens is 895 g/mol. The number of fused-ring (bicyclic) bond motifs is 1. The Bertz CT molecular complexity index is 2550. The van der Waals surface area contributed by atoms with Crippen molar-refractivity contribution in [3.63, 3.8) is 0 Å². The summed E-state index contributed by atoms with van der Waals surface area (Å²) in [4.78, 5) is 112. The van der Waals surface area contributed by atoms with E-state index in [1.165, 1.54) is 6.92 Å². The molecule has 70 heavy (non-hydrogen) atoms. The second kappa shape index (κ2) is 25.5. The maximum absolute atomic E-state index is 14.5. The van der Waals surface area contributed by atoms with Gasteiger partial charge in [-0.25, -0.2) is 4.79 Å². The first-order valence-electron chi connectivity index (χ1n) is 23.4. The van der Waals surface area contributed by atoms with Crippen molar-refractivity contribution in [2.45, 2.75) is 109 Å². The van der Waals surface area contributed by atoms with E-state index in [0.717, 1.165) is 10.9 Å². The molecule has 9 N–H and O–H groups in total. The van der Waals surface area contributed by atoms with Crippen LogP contribution in [0.5, 0.6) is 0 Å². The molecule has 0 aliphatic heterocycles. The van der Waals surface area contributed by atoms with Crippen LogP contribution in [0.3, 0.4) is 0 Å². The van der Waals surface area contributed by atoms with Gasteiger partial charge < -0.3 is 47.1 Å². The molecule has 17 nitrogen and oxygen atoms in total. The van der Waals surface area contributed by atoms with Crippen LogP contribution in [0.2, 0.25) is 0 Å². The zero-order valence-electron chi connectivity index (χ0n) is 39.9. The Morgan fingerprint density at radius 2 is 0.971 bits per heavy atom. The number of H-pyrrole nitrogens is 1. The minimum absolute atomic E-state index is 0.0534. The number of carbonyl (C=O) groups excluding carboxylic acids is 6. The van der Waals surface area contributed by atoms with Crippen molar-refractivity contribution in [1.29, 1.82) is 0 Å². The predicted molar refractivity (Wildman–Crippen MR) is 263 cm³/mol. The smallest absolute Gasteiger partial charge is 0.326 e. The normalized spacial score (nSPS) is 14.6. The number of aliphatic carboxylic acids is 2. The molecule has 0 fully saturated rings. The molecule has 0 saturated carbocycles. The van der Waals surface area contributed by atoms with E-state index in [-0.39, 0.29) is 12.8 Å². The van der Waals surface area contributed by atoms with Crippen LogP contribution in [0, 0.1) is 11.8 Å². The highest BCUT2D eigenvalue weighted by atomic mass is 16.4. The number of amides is 6. The number of aromatic nitrogens is 1. The van der Waals surface area contributed by atoms with Gasteiger partial charge in [-0.1, -0.05) is 150 Å². The van der Waals surface area contributed by atoms with E-state index in [9.17, 15) is 48.6 Å². The van der Waals surface area contributed by atoms with Crippen LogP contribution >= 0.6 is 0 Å². The topological polar surface area (TPSA) is 265 Å². The van der Waals surface area contributed by atoms with E-state index >= 15 is 0 Å². The molecule has 0 aliphatic carbocycles. The Balaban J connectivity index is 1.38. The molecule has 5 rings (SSSR count). The van der Waals surface area contributed by atoms with Crippen molar-refractivity contribution in [3.8, 4) is 0 Å². The molecule has 370 valence electrons. The fourth-order valence-electron chi connectivity index (χ4n) is 8.28. The van der Waals surface area contributed by atoms with Gasteiger partial charge in [0.2, 0.25) is 35.4 Å². The number of carboxylic acids is 2. The first kappa shape index (κ1) is 53.1. The molecule has 17 heteroatoms. The number of carboxylic acid groups (broad SMARTS) is 2. The van der Waals surface area contributed by atoms with Crippen LogP contribution in [-0.4, -0.2) is 98.8 Å². The number of rotatable bonds is 25. The van der Waals surface area contributed by atoms with Crippen molar-refractivity contribution in [2.75, 3.05) is 0 Å². The van der Waals surface area contributed by atoms with Gasteiger partial charge >= 0.3 is 11.9 Å². The number of carbonyl (C=O) groups is 8. The lowest BCUT2D eigenvalue weighted by Crippen LogP contribution is -2.62. The Kier molecular flexibility index (Phi) is 19.4. The monoisotopic (exact) mass is 957 g/mol. The number of hydrogen-bond acceptors (Lipinski definition) is 8. The van der Waals surface area contributed by atoms with Crippen LogP contribution in [-0.2, 0) is 51.2 Å². The Hall–Kier alpha value is -7.82. The van der Waals surface area contributed by atoms with Gasteiger partial charge in [0.1, 0.15) is 36.3 Å². The molecule has 4 aromatic carbocycles. The van der Waals surface area contributed by atoms with Crippen LogP contribution < -0.4 is 31.9 Å². The SMILES string of the molecule is CC[C@H](C)[C@H](NC(=O)[C@H](CC(=O)O)NC(=O)[C@@H](Cc1ccccc1)NC(=O)[C@H](NC(C)=O)C(c1ccccc1)c1ccccc1)C(=O)N[C@H](C(=O)N[C@@H](Cc1c[nH]c2ccccc12)C(=O)O)[C@@H](C)CC. The quantitative estimate of drug-likeness (QED) is 0.0399. The van der Waals surface area contributed by atoms with E-state index in [1.807, 2.05) is 60.7 Å². The summed E-state index contributed by atoms with van der Waals surface area (Å²) in [6.07, 6.45) is 1.35. The molecule has 0 saturated heterocycles. The summed E-state index contributed by atoms with van der Waals surface area (Å²) in [7, 11) is 0.